The van der Waals surface area contributed by atoms with Crippen LogP contribution in [-0.2, 0) is 4.79 Å². The van der Waals surface area contributed by atoms with Gasteiger partial charge in [0, 0.05) is 5.69 Å². The van der Waals surface area contributed by atoms with Crippen LogP contribution in [0.2, 0.25) is 0 Å². The van der Waals surface area contributed by atoms with E-state index >= 15 is 0 Å². The van der Waals surface area contributed by atoms with E-state index in [4.69, 9.17) is 0 Å². The Labute approximate surface area is 134 Å². The molecule has 0 radical (unpaired) electrons. The number of hydrogen-bond donors (Lipinski definition) is 1. The Bertz CT molecular complexity index is 454. The largest absolute Gasteiger partial charge is 1.00 e. The number of nitrogens with zero attached hydrogens (tertiary/aromatic N) is 1. The molecule has 1 aliphatic rings. The van der Waals surface area contributed by atoms with E-state index in [1.807, 2.05) is 32.0 Å². The first-order valence-electron chi connectivity index (χ1n) is 7.74. The molecule has 1 aromatic rings. The molecule has 4 heteroatoms. The molecule has 1 fully saturated rings. The maximum Gasteiger partial charge on any atom is 0.241 e. The zero-order valence-electron chi connectivity index (χ0n) is 13.3. The fraction of sp³-hybridized carbons (Fsp3) is 0.588. The number of piperidine rings is 1. The first kappa shape index (κ1) is 18.0. The number of carbonyl (C=O) groups excluding carboxylic acids is 1. The molecule has 0 saturated carbocycles. The van der Waals surface area contributed by atoms with E-state index in [1.165, 1.54) is 6.42 Å². The van der Waals surface area contributed by atoms with Crippen LogP contribution in [0.1, 0.15) is 43.7 Å². The van der Waals surface area contributed by atoms with Crippen molar-refractivity contribution in [2.24, 2.45) is 0 Å². The molecule has 1 aliphatic heterocycles. The number of carbonyl (C=O) groups is 1. The second-order valence-corrected chi connectivity index (χ2v) is 5.80. The Morgan fingerprint density at radius 3 is 2.57 bits per heavy atom. The average Bonchev–Trinajstić information content (AvgIpc) is 2.44. The van der Waals surface area contributed by atoms with Gasteiger partial charge in [-0.2, -0.15) is 0 Å². The van der Waals surface area contributed by atoms with Crippen LogP contribution in [0.5, 0.6) is 0 Å². The highest BCUT2D eigenvalue weighted by molar-refractivity contribution is 5.96. The van der Waals surface area contributed by atoms with Crippen molar-refractivity contribution in [1.82, 2.24) is 4.90 Å². The molecule has 1 N–H and O–H groups in total. The molecule has 2 rings (SSSR count). The highest BCUT2D eigenvalue weighted by atomic mass is 35.5. The van der Waals surface area contributed by atoms with Gasteiger partial charge in [-0.3, -0.25) is 9.69 Å². The zero-order valence-corrected chi connectivity index (χ0v) is 14.0. The predicted molar refractivity (Wildman–Crippen MR) is 84.0 cm³/mol. The summed E-state index contributed by atoms with van der Waals surface area (Å²) in [5.41, 5.74) is 3.26. The van der Waals surface area contributed by atoms with Crippen LogP contribution >= 0.6 is 0 Å². The van der Waals surface area contributed by atoms with Crippen molar-refractivity contribution >= 4 is 11.6 Å². The maximum atomic E-state index is 12.6. The minimum atomic E-state index is 0. The molecule has 1 saturated heterocycles. The minimum Gasteiger partial charge on any atom is -1.00 e. The summed E-state index contributed by atoms with van der Waals surface area (Å²) in [5, 5.41) is 3.16. The quantitative estimate of drug-likeness (QED) is 0.879. The number of nitrogens with one attached hydrogen (secondary N) is 1. The Balaban J connectivity index is 0.00000220. The van der Waals surface area contributed by atoms with Gasteiger partial charge in [-0.25, -0.2) is 0 Å². The lowest BCUT2D eigenvalue weighted by Crippen LogP contribution is -3.00. The summed E-state index contributed by atoms with van der Waals surface area (Å²) in [4.78, 5) is 14.9. The Hall–Kier alpha value is -1.06. The molecule has 0 spiro atoms. The van der Waals surface area contributed by atoms with Gasteiger partial charge in [-0.15, -0.1) is 0 Å². The van der Waals surface area contributed by atoms with Crippen molar-refractivity contribution in [2.75, 3.05) is 18.4 Å². The third-order valence-electron chi connectivity index (χ3n) is 4.16. The Morgan fingerprint density at radius 1 is 1.29 bits per heavy atom. The summed E-state index contributed by atoms with van der Waals surface area (Å²) >= 11 is 0. The Morgan fingerprint density at radius 2 is 1.95 bits per heavy atom. The SMILES string of the molecule is CCCN1CCCC[C@H]1C(=O)Nc1c(C)cccc1C.[Cl-]. The number of amides is 1. The number of benzene rings is 1. The third-order valence-corrected chi connectivity index (χ3v) is 4.16. The molecular formula is C17H26ClN2O-. The fourth-order valence-corrected chi connectivity index (χ4v) is 3.06. The predicted octanol–water partition coefficient (Wildman–Crippen LogP) is 0.510. The summed E-state index contributed by atoms with van der Waals surface area (Å²) in [6.45, 7) is 8.35. The van der Waals surface area contributed by atoms with Crippen molar-refractivity contribution in [3.63, 3.8) is 0 Å². The summed E-state index contributed by atoms with van der Waals surface area (Å²) in [7, 11) is 0. The maximum absolute atomic E-state index is 12.6. The van der Waals surface area contributed by atoms with E-state index < -0.39 is 0 Å². The number of aryl methyl sites for hydroxylation is 2. The smallest absolute Gasteiger partial charge is 0.241 e. The standard InChI is InChI=1S/C17H26N2O.ClH/c1-4-11-19-12-6-5-10-15(19)17(20)18-16-13(2)8-7-9-14(16)3;/h7-9,15H,4-6,10-12H2,1-3H3,(H,18,20);1H/p-1/t15-;/m0./s1. The first-order chi connectivity index (χ1) is 9.63. The molecule has 0 bridgehead atoms. The van der Waals surface area contributed by atoms with Crippen LogP contribution in [0.25, 0.3) is 0 Å². The number of hydrogen-bond acceptors (Lipinski definition) is 2. The number of likely N-dealkylation sites (tertiary alicyclic amines) is 1. The van der Waals surface area contributed by atoms with Crippen LogP contribution < -0.4 is 17.7 Å². The van der Waals surface area contributed by atoms with Crippen molar-refractivity contribution in [3.8, 4) is 0 Å². The van der Waals surface area contributed by atoms with Crippen molar-refractivity contribution in [2.45, 2.75) is 52.5 Å². The summed E-state index contributed by atoms with van der Waals surface area (Å²) < 4.78 is 0. The highest BCUT2D eigenvalue weighted by Gasteiger charge is 2.28. The van der Waals surface area contributed by atoms with Gasteiger partial charge in [0.2, 0.25) is 5.91 Å². The van der Waals surface area contributed by atoms with Crippen molar-refractivity contribution in [3.05, 3.63) is 29.3 Å². The molecule has 0 aromatic heterocycles. The molecule has 21 heavy (non-hydrogen) atoms. The normalized spacial score (nSPS) is 18.9. The number of halogens is 1. The van der Waals surface area contributed by atoms with E-state index in [2.05, 4.69) is 17.1 Å². The van der Waals surface area contributed by atoms with Crippen molar-refractivity contribution < 1.29 is 17.2 Å². The monoisotopic (exact) mass is 309 g/mol. The van der Waals surface area contributed by atoms with Gasteiger partial charge in [0.05, 0.1) is 6.04 Å². The lowest BCUT2D eigenvalue weighted by molar-refractivity contribution is -0.122. The molecule has 118 valence electrons. The van der Waals surface area contributed by atoms with Gasteiger partial charge in [-0.05, 0) is 57.3 Å². The molecule has 0 unspecified atom stereocenters. The van der Waals surface area contributed by atoms with Crippen LogP contribution in [0.15, 0.2) is 18.2 Å². The molecule has 0 aliphatic carbocycles. The van der Waals surface area contributed by atoms with E-state index in [0.29, 0.717) is 0 Å². The van der Waals surface area contributed by atoms with Gasteiger partial charge in [0.15, 0.2) is 0 Å². The number of anilines is 1. The molecule has 1 heterocycles. The molecule has 3 nitrogen and oxygen atoms in total. The van der Waals surface area contributed by atoms with Crippen LogP contribution in [0.4, 0.5) is 5.69 Å². The van der Waals surface area contributed by atoms with Crippen molar-refractivity contribution in [1.29, 1.82) is 0 Å². The second kappa shape index (κ2) is 8.40. The van der Waals surface area contributed by atoms with Gasteiger partial charge in [0.1, 0.15) is 0 Å². The van der Waals surface area contributed by atoms with Crippen LogP contribution in [0.3, 0.4) is 0 Å². The first-order valence-corrected chi connectivity index (χ1v) is 7.74. The molecule has 1 aromatic carbocycles. The van der Waals surface area contributed by atoms with Crippen LogP contribution in [0, 0.1) is 13.8 Å². The van der Waals surface area contributed by atoms with E-state index in [-0.39, 0.29) is 24.4 Å². The minimum absolute atomic E-state index is 0. The lowest BCUT2D eigenvalue weighted by Gasteiger charge is -2.34. The summed E-state index contributed by atoms with van der Waals surface area (Å²) in [6, 6.07) is 6.17. The molecule has 1 amide bonds. The second-order valence-electron chi connectivity index (χ2n) is 5.80. The molecule has 1 atom stereocenters. The lowest BCUT2D eigenvalue weighted by atomic mass is 10.0. The van der Waals surface area contributed by atoms with E-state index in [0.717, 1.165) is 49.2 Å². The van der Waals surface area contributed by atoms with Crippen LogP contribution in [-0.4, -0.2) is 29.9 Å². The third kappa shape index (κ3) is 4.45. The summed E-state index contributed by atoms with van der Waals surface area (Å²) in [5.74, 6) is 0.163. The van der Waals surface area contributed by atoms with E-state index in [1.54, 1.807) is 0 Å². The van der Waals surface area contributed by atoms with Gasteiger partial charge in [-0.1, -0.05) is 31.5 Å². The van der Waals surface area contributed by atoms with Gasteiger partial charge < -0.3 is 17.7 Å². The topological polar surface area (TPSA) is 32.3 Å². The van der Waals surface area contributed by atoms with Gasteiger partial charge >= 0.3 is 0 Å². The number of para-hydroxylation sites is 1. The summed E-state index contributed by atoms with van der Waals surface area (Å²) in [6.07, 6.45) is 4.46. The highest BCUT2D eigenvalue weighted by Crippen LogP contribution is 2.23. The fourth-order valence-electron chi connectivity index (χ4n) is 3.06. The average molecular weight is 310 g/mol. The van der Waals surface area contributed by atoms with Gasteiger partial charge in [0.25, 0.3) is 0 Å². The Kier molecular flexibility index (Phi) is 7.20. The molecular weight excluding hydrogens is 284 g/mol. The zero-order chi connectivity index (χ0) is 14.5. The number of rotatable bonds is 4. The van der Waals surface area contributed by atoms with E-state index in [9.17, 15) is 4.79 Å².